The van der Waals surface area contributed by atoms with E-state index >= 15 is 0 Å². The molecule has 0 bridgehead atoms. The van der Waals surface area contributed by atoms with Crippen LogP contribution < -0.4 is 4.74 Å². The third-order valence-corrected chi connectivity index (χ3v) is 4.41. The van der Waals surface area contributed by atoms with Gasteiger partial charge >= 0.3 is 0 Å². The first kappa shape index (κ1) is 13.4. The van der Waals surface area contributed by atoms with Gasteiger partial charge in [0.15, 0.2) is 6.23 Å². The Morgan fingerprint density at radius 3 is 2.55 bits per heavy atom. The van der Waals surface area contributed by atoms with Crippen LogP contribution in [0.2, 0.25) is 0 Å². The summed E-state index contributed by atoms with van der Waals surface area (Å²) in [5, 5.41) is 7.07. The highest BCUT2D eigenvalue weighted by Crippen LogP contribution is 2.44. The minimum absolute atomic E-state index is 0.00103. The predicted molar refractivity (Wildman–Crippen MR) is 87.9 cm³/mol. The normalized spacial score (nSPS) is 22.9. The number of benzene rings is 2. The maximum absolute atomic E-state index is 6.21. The Balaban J connectivity index is 1.76. The molecule has 22 heavy (non-hydrogen) atoms. The van der Waals surface area contributed by atoms with E-state index in [9.17, 15) is 0 Å². The van der Waals surface area contributed by atoms with E-state index in [1.165, 1.54) is 11.1 Å². The number of ether oxygens (including phenoxy) is 1. The quantitative estimate of drug-likeness (QED) is 0.828. The first-order valence-electron chi connectivity index (χ1n) is 7.91. The first-order chi connectivity index (χ1) is 10.7. The number of para-hydroxylation sites is 1. The molecule has 2 heterocycles. The highest BCUT2D eigenvalue weighted by Gasteiger charge is 2.41. The van der Waals surface area contributed by atoms with Gasteiger partial charge in [-0.2, -0.15) is 5.10 Å². The topological polar surface area (TPSA) is 24.8 Å². The summed E-state index contributed by atoms with van der Waals surface area (Å²) < 4.78 is 6.21. The highest BCUT2D eigenvalue weighted by molar-refractivity contribution is 6.01. The molecule has 2 aromatic carbocycles. The molecule has 0 N–H and O–H groups in total. The largest absolute Gasteiger partial charge is 0.468 e. The molecule has 2 aliphatic heterocycles. The average Bonchev–Trinajstić information content (AvgIpc) is 3.00. The Kier molecular flexibility index (Phi) is 3.14. The number of hydrogen-bond acceptors (Lipinski definition) is 3. The molecule has 0 unspecified atom stereocenters. The second kappa shape index (κ2) is 5.16. The van der Waals surface area contributed by atoms with Crippen molar-refractivity contribution in [1.82, 2.24) is 5.01 Å². The van der Waals surface area contributed by atoms with Crippen LogP contribution in [0.5, 0.6) is 5.75 Å². The smallest absolute Gasteiger partial charge is 0.190 e. The molecule has 0 fully saturated rings. The van der Waals surface area contributed by atoms with Gasteiger partial charge < -0.3 is 4.74 Å². The van der Waals surface area contributed by atoms with Crippen molar-refractivity contribution in [2.75, 3.05) is 0 Å². The van der Waals surface area contributed by atoms with Gasteiger partial charge in [0.05, 0.1) is 11.8 Å². The van der Waals surface area contributed by atoms with Gasteiger partial charge in [0, 0.05) is 17.9 Å². The molecule has 3 nitrogen and oxygen atoms in total. The third kappa shape index (κ3) is 2.08. The number of rotatable bonds is 2. The van der Waals surface area contributed by atoms with Gasteiger partial charge in [-0.3, -0.25) is 0 Å². The highest BCUT2D eigenvalue weighted by atomic mass is 16.5. The summed E-state index contributed by atoms with van der Waals surface area (Å²) in [6.45, 7) is 4.37. The van der Waals surface area contributed by atoms with Gasteiger partial charge in [-0.05, 0) is 11.6 Å². The van der Waals surface area contributed by atoms with Gasteiger partial charge in [-0.15, -0.1) is 0 Å². The van der Waals surface area contributed by atoms with Gasteiger partial charge in [-0.1, -0.05) is 62.4 Å². The third-order valence-electron chi connectivity index (χ3n) is 4.41. The van der Waals surface area contributed by atoms with Gasteiger partial charge in [0.1, 0.15) is 5.75 Å². The fraction of sp³-hybridized carbons (Fsp3) is 0.316. The molecule has 0 amide bonds. The predicted octanol–water partition coefficient (Wildman–Crippen LogP) is 4.21. The van der Waals surface area contributed by atoms with Crippen molar-refractivity contribution in [2.24, 2.45) is 11.0 Å². The van der Waals surface area contributed by atoms with Crippen molar-refractivity contribution in [3.63, 3.8) is 0 Å². The molecule has 0 spiro atoms. The average molecular weight is 292 g/mol. The Bertz CT molecular complexity index is 708. The van der Waals surface area contributed by atoms with Crippen molar-refractivity contribution in [2.45, 2.75) is 32.5 Å². The van der Waals surface area contributed by atoms with E-state index in [2.05, 4.69) is 61.3 Å². The molecule has 2 atom stereocenters. The molecule has 0 saturated carbocycles. The zero-order chi connectivity index (χ0) is 15.1. The van der Waals surface area contributed by atoms with Crippen LogP contribution in [0.4, 0.5) is 0 Å². The van der Waals surface area contributed by atoms with E-state index < -0.39 is 0 Å². The van der Waals surface area contributed by atoms with E-state index in [1.54, 1.807) is 0 Å². The van der Waals surface area contributed by atoms with E-state index in [4.69, 9.17) is 9.84 Å². The molecule has 3 heteroatoms. The van der Waals surface area contributed by atoms with E-state index in [0.29, 0.717) is 5.92 Å². The van der Waals surface area contributed by atoms with E-state index in [-0.39, 0.29) is 12.3 Å². The molecular formula is C19H20N2O. The van der Waals surface area contributed by atoms with Crippen LogP contribution in [0.25, 0.3) is 0 Å². The van der Waals surface area contributed by atoms with E-state index in [1.807, 2.05) is 12.1 Å². The zero-order valence-corrected chi connectivity index (χ0v) is 12.9. The van der Waals surface area contributed by atoms with Crippen molar-refractivity contribution in [1.29, 1.82) is 0 Å². The van der Waals surface area contributed by atoms with E-state index in [0.717, 1.165) is 17.9 Å². The summed E-state index contributed by atoms with van der Waals surface area (Å²) in [5.41, 5.74) is 3.60. The van der Waals surface area contributed by atoms with Gasteiger partial charge in [0.25, 0.3) is 0 Å². The molecular weight excluding hydrogens is 272 g/mol. The molecule has 2 aromatic rings. The molecule has 0 aliphatic carbocycles. The van der Waals surface area contributed by atoms with Crippen molar-refractivity contribution >= 4 is 5.71 Å². The summed E-state index contributed by atoms with van der Waals surface area (Å²) in [6, 6.07) is 19.1. The van der Waals surface area contributed by atoms with Crippen molar-refractivity contribution in [3.8, 4) is 5.75 Å². The first-order valence-corrected chi connectivity index (χ1v) is 7.91. The Labute approximate surface area is 131 Å². The Morgan fingerprint density at radius 1 is 1.05 bits per heavy atom. The molecule has 2 aliphatic rings. The molecule has 0 radical (unpaired) electrons. The Morgan fingerprint density at radius 2 is 1.77 bits per heavy atom. The van der Waals surface area contributed by atoms with Crippen molar-refractivity contribution < 1.29 is 4.74 Å². The second-order valence-electron chi connectivity index (χ2n) is 6.30. The lowest BCUT2D eigenvalue weighted by Gasteiger charge is -2.39. The fourth-order valence-corrected chi connectivity index (χ4v) is 3.31. The van der Waals surface area contributed by atoms with Crippen LogP contribution in [-0.2, 0) is 0 Å². The minimum Gasteiger partial charge on any atom is -0.468 e. The van der Waals surface area contributed by atoms with Crippen LogP contribution in [0, 0.1) is 5.92 Å². The lowest BCUT2D eigenvalue weighted by Crippen LogP contribution is -2.43. The lowest BCUT2D eigenvalue weighted by molar-refractivity contribution is -0.0461. The standard InChI is InChI=1S/C19H20N2O/c1-13(2)19-21-17(15-10-6-7-11-18(15)22-19)12-16(20-21)14-8-4-3-5-9-14/h3-11,13,17,19H,12H2,1-2H3/t17-,19+/m1/s1. The van der Waals surface area contributed by atoms with Crippen LogP contribution in [-0.4, -0.2) is 16.9 Å². The summed E-state index contributed by atoms with van der Waals surface area (Å²) in [5.74, 6) is 1.39. The lowest BCUT2D eigenvalue weighted by atomic mass is 9.95. The van der Waals surface area contributed by atoms with Crippen LogP contribution in [0.3, 0.4) is 0 Å². The summed E-state index contributed by atoms with van der Waals surface area (Å²) in [7, 11) is 0. The van der Waals surface area contributed by atoms with Crippen LogP contribution in [0.1, 0.15) is 37.4 Å². The van der Waals surface area contributed by atoms with Crippen LogP contribution in [0.15, 0.2) is 59.7 Å². The maximum Gasteiger partial charge on any atom is 0.190 e. The molecule has 112 valence electrons. The number of hydrogen-bond donors (Lipinski definition) is 0. The van der Waals surface area contributed by atoms with Gasteiger partial charge in [0.2, 0.25) is 0 Å². The monoisotopic (exact) mass is 292 g/mol. The summed E-state index contributed by atoms with van der Waals surface area (Å²) >= 11 is 0. The molecule has 0 aromatic heterocycles. The number of hydrazone groups is 1. The van der Waals surface area contributed by atoms with Crippen molar-refractivity contribution in [3.05, 3.63) is 65.7 Å². The summed E-state index contributed by atoms with van der Waals surface area (Å²) in [4.78, 5) is 0. The fourth-order valence-electron chi connectivity index (χ4n) is 3.31. The molecule has 0 saturated heterocycles. The van der Waals surface area contributed by atoms with Gasteiger partial charge in [-0.25, -0.2) is 5.01 Å². The SMILES string of the molecule is CC(C)[C@@H]1Oc2ccccc2[C@H]2CC(c3ccccc3)=NN21. The number of nitrogens with zero attached hydrogens (tertiary/aromatic N) is 2. The maximum atomic E-state index is 6.21. The second-order valence-corrected chi connectivity index (χ2v) is 6.30. The summed E-state index contributed by atoms with van der Waals surface area (Å²) in [6.07, 6.45) is 0.939. The zero-order valence-electron chi connectivity index (χ0n) is 12.9. The number of fused-ring (bicyclic) bond motifs is 3. The minimum atomic E-state index is 0.00103. The Hall–Kier alpha value is -2.29. The van der Waals surface area contributed by atoms with Crippen LogP contribution >= 0.6 is 0 Å². The molecule has 4 rings (SSSR count).